The zero-order valence-electron chi connectivity index (χ0n) is 24.2. The van der Waals surface area contributed by atoms with Crippen molar-refractivity contribution in [2.24, 2.45) is 0 Å². The number of benzene rings is 3. The molecule has 0 radical (unpaired) electrons. The molecule has 244 valence electrons. The van der Waals surface area contributed by atoms with Gasteiger partial charge in [0.2, 0.25) is 0 Å². The molecule has 0 spiro atoms. The van der Waals surface area contributed by atoms with E-state index in [4.69, 9.17) is 9.47 Å². The summed E-state index contributed by atoms with van der Waals surface area (Å²) in [6.07, 6.45) is -6.58. The van der Waals surface area contributed by atoms with Crippen molar-refractivity contribution in [2.45, 2.75) is 58.7 Å². The van der Waals surface area contributed by atoms with Crippen molar-refractivity contribution in [3.8, 4) is 17.0 Å². The molecule has 0 saturated carbocycles. The first-order chi connectivity index (χ1) is 22.2. The van der Waals surface area contributed by atoms with Crippen molar-refractivity contribution in [3.05, 3.63) is 78.5 Å². The van der Waals surface area contributed by atoms with E-state index in [2.05, 4.69) is 15.6 Å². The number of fused-ring (bicyclic) bond motifs is 1. The van der Waals surface area contributed by atoms with Gasteiger partial charge in [-0.2, -0.15) is 0 Å². The summed E-state index contributed by atoms with van der Waals surface area (Å²) in [4.78, 5) is 13.3. The Morgan fingerprint density at radius 1 is 0.826 bits per heavy atom. The third-order valence-corrected chi connectivity index (χ3v) is 11.0. The summed E-state index contributed by atoms with van der Waals surface area (Å²) in [6, 6.07) is 16.5. The third kappa shape index (κ3) is 6.39. The molecule has 2 saturated heterocycles. The number of ether oxygens (including phenoxy) is 2. The summed E-state index contributed by atoms with van der Waals surface area (Å²) in [7, 11) is 0. The van der Waals surface area contributed by atoms with Crippen LogP contribution in [0.5, 0.6) is 5.75 Å². The van der Waals surface area contributed by atoms with Crippen LogP contribution in [0.1, 0.15) is 16.4 Å². The van der Waals surface area contributed by atoms with Gasteiger partial charge >= 0.3 is 269 Å². The van der Waals surface area contributed by atoms with Gasteiger partial charge in [-0.05, 0) is 0 Å². The third-order valence-electron chi connectivity index (χ3n) is 8.27. The molecule has 3 heterocycles. The Hall–Kier alpha value is -3.47. The second-order valence-electron chi connectivity index (χ2n) is 11.2. The molecule has 1 amide bonds. The summed E-state index contributed by atoms with van der Waals surface area (Å²) in [5, 5.41) is 85.0. The number of aliphatic hydroxyl groups is 6. The van der Waals surface area contributed by atoms with Crippen LogP contribution in [-0.4, -0.2) is 137 Å². The standard InChI is InChI=1S/C31H34N4O10Se/c36-13-21-25(39)23(32-29(43)18-9-8-15-4-1-2-5-16(15)10-18)27(41)30(44-21)46-31-28(42)24(26(40)22(14-37)45-31)35-12-20(33-34-35)17-6-3-7-19(38)11-17/h1-12,21-28,30-31,36-42H,13-14H2,(H,32,43)/t21?,22?,23?,24-,25-,26-,27+,28?,30-,31-/m0/s1. The summed E-state index contributed by atoms with van der Waals surface area (Å²) < 4.78 is 13.0. The van der Waals surface area contributed by atoms with E-state index < -0.39 is 92.8 Å². The van der Waals surface area contributed by atoms with Gasteiger partial charge in [-0.25, -0.2) is 0 Å². The average Bonchev–Trinajstić information content (AvgIpc) is 3.55. The van der Waals surface area contributed by atoms with Crippen molar-refractivity contribution in [3.63, 3.8) is 0 Å². The minimum absolute atomic E-state index is 0.0189. The van der Waals surface area contributed by atoms with Gasteiger partial charge in [0.05, 0.1) is 0 Å². The normalized spacial score (nSPS) is 31.5. The van der Waals surface area contributed by atoms with Gasteiger partial charge in [-0.15, -0.1) is 0 Å². The molecule has 15 heteroatoms. The topological polar surface area (TPSA) is 220 Å². The fourth-order valence-electron chi connectivity index (χ4n) is 5.78. The monoisotopic (exact) mass is 702 g/mol. The number of rotatable bonds is 8. The van der Waals surface area contributed by atoms with Crippen LogP contribution < -0.4 is 5.32 Å². The van der Waals surface area contributed by atoms with Gasteiger partial charge in [0, 0.05) is 0 Å². The fraction of sp³-hybridized carbons (Fsp3) is 0.387. The van der Waals surface area contributed by atoms with Crippen molar-refractivity contribution >= 4 is 31.6 Å². The van der Waals surface area contributed by atoms with E-state index in [0.717, 1.165) is 10.8 Å². The van der Waals surface area contributed by atoms with E-state index in [-0.39, 0.29) is 5.75 Å². The van der Waals surface area contributed by atoms with Crippen LogP contribution in [-0.2, 0) is 9.47 Å². The van der Waals surface area contributed by atoms with Crippen LogP contribution in [0.4, 0.5) is 0 Å². The second kappa shape index (κ2) is 13.7. The van der Waals surface area contributed by atoms with Gasteiger partial charge in [0.25, 0.3) is 0 Å². The van der Waals surface area contributed by atoms with E-state index in [1.54, 1.807) is 30.3 Å². The summed E-state index contributed by atoms with van der Waals surface area (Å²) in [5.74, 6) is -0.532. The van der Waals surface area contributed by atoms with E-state index in [9.17, 15) is 40.5 Å². The van der Waals surface area contributed by atoms with Crippen LogP contribution in [0.2, 0.25) is 0 Å². The summed E-state index contributed by atoms with van der Waals surface area (Å²) in [6.45, 7) is -1.21. The first kappa shape index (κ1) is 32.5. The van der Waals surface area contributed by atoms with E-state index in [0.29, 0.717) is 16.8 Å². The van der Waals surface area contributed by atoms with Crippen LogP contribution in [0.25, 0.3) is 22.0 Å². The number of aromatic hydroxyl groups is 1. The summed E-state index contributed by atoms with van der Waals surface area (Å²) in [5.41, 5.74) is 1.21. The Morgan fingerprint density at radius 2 is 1.52 bits per heavy atom. The maximum absolute atomic E-state index is 13.3. The van der Waals surface area contributed by atoms with Gasteiger partial charge in [-0.1, -0.05) is 0 Å². The number of nitrogens with zero attached hydrogens (tertiary/aromatic N) is 3. The Morgan fingerprint density at radius 3 is 2.24 bits per heavy atom. The quantitative estimate of drug-likeness (QED) is 0.101. The molecule has 1 aromatic heterocycles. The van der Waals surface area contributed by atoms with Gasteiger partial charge < -0.3 is 0 Å². The Kier molecular flexibility index (Phi) is 9.68. The van der Waals surface area contributed by atoms with Crippen molar-refractivity contribution in [1.82, 2.24) is 20.3 Å². The average molecular weight is 702 g/mol. The summed E-state index contributed by atoms with van der Waals surface area (Å²) >= 11 is -0.960. The molecule has 4 aromatic rings. The molecule has 10 atom stereocenters. The number of carbonyl (C=O) groups is 1. The van der Waals surface area contributed by atoms with Crippen molar-refractivity contribution < 1.29 is 50.0 Å². The molecule has 14 nitrogen and oxygen atoms in total. The molecular weight excluding hydrogens is 667 g/mol. The molecule has 2 aliphatic heterocycles. The number of aromatic nitrogens is 3. The Bertz CT molecular complexity index is 1680. The Balaban J connectivity index is 1.21. The van der Waals surface area contributed by atoms with Gasteiger partial charge in [-0.3, -0.25) is 0 Å². The van der Waals surface area contributed by atoms with Crippen molar-refractivity contribution in [2.75, 3.05) is 13.2 Å². The van der Waals surface area contributed by atoms with Crippen molar-refractivity contribution in [1.29, 1.82) is 0 Å². The van der Waals surface area contributed by atoms with E-state index >= 15 is 0 Å². The number of amides is 1. The molecule has 6 rings (SSSR count). The second-order valence-corrected chi connectivity index (χ2v) is 13.8. The first-order valence-electron chi connectivity index (χ1n) is 14.6. The molecule has 8 N–H and O–H groups in total. The van der Waals surface area contributed by atoms with Crippen LogP contribution in [0.15, 0.2) is 72.9 Å². The number of hydrogen-bond donors (Lipinski definition) is 8. The van der Waals surface area contributed by atoms with Crippen LogP contribution in [0, 0.1) is 0 Å². The molecular formula is C31H34N4O10Se. The zero-order valence-corrected chi connectivity index (χ0v) is 25.9. The zero-order chi connectivity index (χ0) is 32.5. The molecule has 2 fully saturated rings. The first-order valence-corrected chi connectivity index (χ1v) is 16.6. The molecule has 3 aromatic carbocycles. The van der Waals surface area contributed by atoms with E-state index in [1.165, 1.54) is 23.0 Å². The number of phenols is 1. The van der Waals surface area contributed by atoms with E-state index in [1.807, 2.05) is 24.3 Å². The minimum atomic E-state index is -1.47. The number of aliphatic hydroxyl groups excluding tert-OH is 6. The maximum atomic E-state index is 13.3. The van der Waals surface area contributed by atoms with Gasteiger partial charge in [0.1, 0.15) is 0 Å². The van der Waals surface area contributed by atoms with Crippen LogP contribution >= 0.6 is 0 Å². The SMILES string of the molecule is O=C(NC1[C@@H](O)C(CO)O[C@@H]([Se][C@@H]2OC(CO)[C@H](O)[C@H](n3cc(-c4cccc(O)c4)nn3)C2O)[C@@H]1O)c1ccc2ccccc2c1. The van der Waals surface area contributed by atoms with Gasteiger partial charge in [0.15, 0.2) is 0 Å². The number of phenolic OH excluding ortho intramolecular Hbond substituents is 1. The predicted molar refractivity (Wildman–Crippen MR) is 163 cm³/mol. The Labute approximate surface area is 269 Å². The molecule has 0 aliphatic carbocycles. The molecule has 4 unspecified atom stereocenters. The molecule has 2 aliphatic rings. The fourth-order valence-corrected chi connectivity index (χ4v) is 8.57. The number of carbonyl (C=O) groups excluding carboxylic acids is 1. The number of hydrogen-bond acceptors (Lipinski definition) is 12. The molecule has 0 bridgehead atoms. The van der Waals surface area contributed by atoms with Crippen LogP contribution in [0.3, 0.4) is 0 Å². The molecule has 46 heavy (non-hydrogen) atoms. The predicted octanol–water partition coefficient (Wildman–Crippen LogP) is -1.27. The number of nitrogens with one attached hydrogen (secondary N) is 1.